The number of likely N-dealkylation sites (N-methyl/N-ethyl adjacent to an activating group) is 1. The van der Waals surface area contributed by atoms with Gasteiger partial charge in [0.25, 0.3) is 0 Å². The molecule has 2 unspecified atom stereocenters. The van der Waals surface area contributed by atoms with E-state index in [1.807, 2.05) is 32.9 Å². The number of benzene rings is 2. The van der Waals surface area contributed by atoms with Gasteiger partial charge < -0.3 is 15.1 Å². The van der Waals surface area contributed by atoms with E-state index in [4.69, 9.17) is 5.10 Å². The van der Waals surface area contributed by atoms with Gasteiger partial charge in [0.05, 0.1) is 17.3 Å². The Kier molecular flexibility index (Phi) is 7.53. The molecule has 0 bridgehead atoms. The first-order valence-electron chi connectivity index (χ1n) is 14.5. The third-order valence-electron chi connectivity index (χ3n) is 8.05. The topological polar surface area (TPSA) is 124 Å². The van der Waals surface area contributed by atoms with Crippen molar-refractivity contribution >= 4 is 47.6 Å². The number of rotatable bonds is 4. The Labute approximate surface area is 262 Å². The molecule has 2 N–H and O–H groups in total. The van der Waals surface area contributed by atoms with Gasteiger partial charge in [-0.15, -0.1) is 0 Å². The molecule has 0 saturated carbocycles. The third kappa shape index (κ3) is 5.77. The van der Waals surface area contributed by atoms with Crippen LogP contribution < -0.4 is 15.5 Å². The van der Waals surface area contributed by atoms with Gasteiger partial charge in [0.15, 0.2) is 6.17 Å². The second-order valence-corrected chi connectivity index (χ2v) is 12.3. The number of alkyl halides is 3. The molecule has 0 radical (unpaired) electrons. The fourth-order valence-corrected chi connectivity index (χ4v) is 5.67. The average Bonchev–Trinajstić information content (AvgIpc) is 3.62. The molecule has 3 aromatic rings. The average molecular weight is 633 g/mol. The van der Waals surface area contributed by atoms with Crippen molar-refractivity contribution < 1.29 is 27.6 Å². The largest absolute Gasteiger partial charge is 0.471 e. The van der Waals surface area contributed by atoms with Crippen molar-refractivity contribution in [2.24, 2.45) is 9.98 Å². The minimum atomic E-state index is -4.98. The molecule has 6 rings (SSSR count). The maximum Gasteiger partial charge on any atom is 0.471 e. The Hall–Kier alpha value is -5.27. The van der Waals surface area contributed by atoms with E-state index in [1.54, 1.807) is 54.6 Å². The smallest absolute Gasteiger partial charge is 0.319 e. The molecule has 2 aromatic carbocycles. The number of aromatic nitrogens is 2. The number of nitrogens with zero attached hydrogens (tertiary/aromatic N) is 6. The van der Waals surface area contributed by atoms with Crippen molar-refractivity contribution in [3.8, 4) is 5.69 Å². The fraction of sp³-hybridized carbons (Fsp3) is 0.312. The molecule has 0 aliphatic carbocycles. The van der Waals surface area contributed by atoms with Crippen molar-refractivity contribution in [1.29, 1.82) is 0 Å². The number of hydrogen-bond donors (Lipinski definition) is 2. The Balaban J connectivity index is 1.24. The number of nitrogens with one attached hydrogen (secondary N) is 2. The van der Waals surface area contributed by atoms with Gasteiger partial charge in [-0.3, -0.25) is 14.9 Å². The molecule has 1 aromatic heterocycles. The zero-order valence-electron chi connectivity index (χ0n) is 25.5. The number of anilines is 3. The summed E-state index contributed by atoms with van der Waals surface area (Å²) in [6.45, 7) is 5.81. The summed E-state index contributed by atoms with van der Waals surface area (Å²) in [6, 6.07) is 12.8. The molecule has 0 saturated heterocycles. The number of fused-ring (bicyclic) bond motifs is 2. The van der Waals surface area contributed by atoms with E-state index in [9.17, 15) is 27.6 Å². The van der Waals surface area contributed by atoms with Gasteiger partial charge in [0, 0.05) is 48.2 Å². The predicted octanol–water partition coefficient (Wildman–Crippen LogP) is 5.19. The van der Waals surface area contributed by atoms with E-state index >= 15 is 0 Å². The highest BCUT2D eigenvalue weighted by Gasteiger charge is 2.44. The lowest BCUT2D eigenvalue weighted by Crippen LogP contribution is -2.44. The third-order valence-corrected chi connectivity index (χ3v) is 8.05. The first-order valence-corrected chi connectivity index (χ1v) is 14.5. The number of carbonyl (C=O) groups excluding carboxylic acids is 3. The highest BCUT2D eigenvalue weighted by atomic mass is 19.4. The number of aliphatic imine (C=N–C) groups is 2. The van der Waals surface area contributed by atoms with Crippen molar-refractivity contribution in [3.63, 3.8) is 0 Å². The summed E-state index contributed by atoms with van der Waals surface area (Å²) in [5.74, 6) is -2.30. The van der Waals surface area contributed by atoms with Crippen LogP contribution in [0, 0.1) is 0 Å². The first kappa shape index (κ1) is 30.7. The number of carbonyl (C=O) groups is 3. The van der Waals surface area contributed by atoms with Crippen LogP contribution in [-0.2, 0) is 21.4 Å². The van der Waals surface area contributed by atoms with Crippen LogP contribution in [-0.4, -0.2) is 71.0 Å². The van der Waals surface area contributed by atoms with Crippen molar-refractivity contribution in [2.75, 3.05) is 29.1 Å². The zero-order valence-corrected chi connectivity index (χ0v) is 25.5. The van der Waals surface area contributed by atoms with Gasteiger partial charge in [0.2, 0.25) is 5.91 Å². The van der Waals surface area contributed by atoms with Crippen LogP contribution in [0.2, 0.25) is 0 Å². The summed E-state index contributed by atoms with van der Waals surface area (Å²) in [5.41, 5.74) is 3.48. The van der Waals surface area contributed by atoms with Gasteiger partial charge in [-0.25, -0.2) is 19.5 Å². The summed E-state index contributed by atoms with van der Waals surface area (Å²) in [7, 11) is 1.69. The number of hydrogen-bond acceptors (Lipinski definition) is 6. The zero-order chi connectivity index (χ0) is 33.0. The molecule has 2 atom stereocenters. The van der Waals surface area contributed by atoms with Crippen LogP contribution >= 0.6 is 0 Å². The Bertz CT molecular complexity index is 1840. The SMILES string of the molecule is CN1C(=O)C(c2cccc(NC(=O)Nc3cc(C(C)(C)C)nn3-c3ccc4c(c3)CCN4C(=O)C(F)(F)F)c2)C=C2C=NC=NC21. The van der Waals surface area contributed by atoms with Gasteiger partial charge >= 0.3 is 18.1 Å². The lowest BCUT2D eigenvalue weighted by Gasteiger charge is -2.34. The number of urea groups is 1. The van der Waals surface area contributed by atoms with Crippen LogP contribution in [0.1, 0.15) is 43.5 Å². The van der Waals surface area contributed by atoms with Gasteiger partial charge in [-0.05, 0) is 47.9 Å². The molecule has 11 nitrogen and oxygen atoms in total. The number of halogens is 3. The molecule has 4 heterocycles. The van der Waals surface area contributed by atoms with Gasteiger partial charge in [0.1, 0.15) is 12.2 Å². The number of amides is 4. The van der Waals surface area contributed by atoms with Crippen molar-refractivity contribution in [1.82, 2.24) is 14.7 Å². The molecule has 238 valence electrons. The standard InChI is InChI=1S/C32H31F3N8O3/c1-31(2,3)25-15-26(43(40-25)22-8-9-24-19(13-22)10-11-42(24)29(45)32(33,34)35)39-30(46)38-21-7-5-6-18(12-21)23-14-20-16-36-17-37-27(20)41(4)28(23)44/h5-9,12-17,23,27H,10-11H2,1-4H3,(H2,38,39,46). The molecular formula is C32H31F3N8O3. The van der Waals surface area contributed by atoms with Crippen molar-refractivity contribution in [2.45, 2.75) is 50.9 Å². The summed E-state index contributed by atoms with van der Waals surface area (Å²) < 4.78 is 40.9. The highest BCUT2D eigenvalue weighted by molar-refractivity contribution is 6.01. The summed E-state index contributed by atoms with van der Waals surface area (Å²) in [5, 5.41) is 10.3. The fourth-order valence-electron chi connectivity index (χ4n) is 5.67. The van der Waals surface area contributed by atoms with Crippen LogP contribution in [0.4, 0.5) is 35.2 Å². The monoisotopic (exact) mass is 632 g/mol. The minimum Gasteiger partial charge on any atom is -0.319 e. The minimum absolute atomic E-state index is 0.0853. The first-order chi connectivity index (χ1) is 21.7. The van der Waals surface area contributed by atoms with E-state index in [-0.39, 0.29) is 30.0 Å². The van der Waals surface area contributed by atoms with E-state index in [2.05, 4.69) is 20.6 Å². The van der Waals surface area contributed by atoms with Gasteiger partial charge in [-0.1, -0.05) is 39.0 Å². The second-order valence-electron chi connectivity index (χ2n) is 12.3. The predicted molar refractivity (Wildman–Crippen MR) is 168 cm³/mol. The highest BCUT2D eigenvalue weighted by Crippen LogP contribution is 2.35. The quantitative estimate of drug-likeness (QED) is 0.411. The molecule has 0 spiro atoms. The van der Waals surface area contributed by atoms with E-state index in [0.29, 0.717) is 34.0 Å². The molecule has 3 aliphatic rings. The molecular weight excluding hydrogens is 601 g/mol. The second kappa shape index (κ2) is 11.3. The maximum atomic E-state index is 13.3. The van der Waals surface area contributed by atoms with Crippen LogP contribution in [0.5, 0.6) is 0 Å². The lowest BCUT2D eigenvalue weighted by atomic mass is 9.90. The molecule has 4 amide bonds. The van der Waals surface area contributed by atoms with Crippen LogP contribution in [0.15, 0.2) is 70.2 Å². The maximum absolute atomic E-state index is 13.3. The van der Waals surface area contributed by atoms with Crippen LogP contribution in [0.25, 0.3) is 5.69 Å². The summed E-state index contributed by atoms with van der Waals surface area (Å²) in [6.07, 6.45) is -0.220. The van der Waals surface area contributed by atoms with Crippen molar-refractivity contribution in [3.05, 3.63) is 77.0 Å². The Morgan fingerprint density at radius 2 is 1.80 bits per heavy atom. The normalized spacial score (nSPS) is 19.1. The lowest BCUT2D eigenvalue weighted by molar-refractivity contribution is -0.170. The van der Waals surface area contributed by atoms with E-state index in [1.165, 1.54) is 17.1 Å². The van der Waals surface area contributed by atoms with Crippen LogP contribution in [0.3, 0.4) is 0 Å². The molecule has 3 aliphatic heterocycles. The van der Waals surface area contributed by atoms with Gasteiger partial charge in [-0.2, -0.15) is 18.3 Å². The molecule has 46 heavy (non-hydrogen) atoms. The molecule has 14 heteroatoms. The van der Waals surface area contributed by atoms with E-state index in [0.717, 1.165) is 10.5 Å². The molecule has 0 fully saturated rings. The Morgan fingerprint density at radius 3 is 2.54 bits per heavy atom. The van der Waals surface area contributed by atoms with E-state index < -0.39 is 30.2 Å². The Morgan fingerprint density at radius 1 is 1.02 bits per heavy atom. The summed E-state index contributed by atoms with van der Waals surface area (Å²) in [4.78, 5) is 49.0. The summed E-state index contributed by atoms with van der Waals surface area (Å²) >= 11 is 0.